The molecule has 0 spiro atoms. The lowest BCUT2D eigenvalue weighted by Gasteiger charge is -2.59. The van der Waals surface area contributed by atoms with Crippen LogP contribution in [0.1, 0.15) is 58.3 Å². The highest BCUT2D eigenvalue weighted by Gasteiger charge is 2.53. The van der Waals surface area contributed by atoms with Crippen molar-refractivity contribution in [3.8, 4) is 11.5 Å². The average molecular weight is 447 g/mol. The third-order valence-electron chi connectivity index (χ3n) is 8.08. The van der Waals surface area contributed by atoms with E-state index in [0.717, 1.165) is 23.5 Å². The second-order valence-electron chi connectivity index (χ2n) is 10.6. The Morgan fingerprint density at radius 3 is 2.00 bits per heavy atom. The highest BCUT2D eigenvalue weighted by Crippen LogP contribution is 2.61. The largest absolute Gasteiger partial charge is 0.457 e. The summed E-state index contributed by atoms with van der Waals surface area (Å²) in [4.78, 5) is 25.0. The maximum Gasteiger partial charge on any atom is 0.224 e. The summed E-state index contributed by atoms with van der Waals surface area (Å²) >= 11 is 0. The van der Waals surface area contributed by atoms with E-state index in [4.69, 9.17) is 4.74 Å². The van der Waals surface area contributed by atoms with Gasteiger partial charge in [0.25, 0.3) is 0 Å². The number of hydrogen-bond donors (Lipinski definition) is 2. The van der Waals surface area contributed by atoms with Crippen LogP contribution in [0.4, 0.5) is 5.69 Å². The van der Waals surface area contributed by atoms with Gasteiger partial charge in [-0.05, 0) is 105 Å². The Hall–Kier alpha value is -2.82. The first-order valence-electron chi connectivity index (χ1n) is 12.4. The number of hydrogen-bond acceptors (Lipinski definition) is 3. The number of nitrogens with one attached hydrogen (secondary N) is 2. The number of rotatable bonds is 8. The molecule has 4 saturated carbocycles. The van der Waals surface area contributed by atoms with Gasteiger partial charge in [0.15, 0.2) is 0 Å². The Balaban J connectivity index is 1.07. The van der Waals surface area contributed by atoms with Crippen molar-refractivity contribution in [3.05, 3.63) is 54.6 Å². The molecule has 2 aromatic rings. The van der Waals surface area contributed by atoms with Crippen molar-refractivity contribution in [1.29, 1.82) is 0 Å². The summed E-state index contributed by atoms with van der Waals surface area (Å²) in [5.74, 6) is 3.91. The van der Waals surface area contributed by atoms with Crippen LogP contribution in [0, 0.1) is 23.2 Å². The zero-order valence-electron chi connectivity index (χ0n) is 19.4. The average Bonchev–Trinajstić information content (AvgIpc) is 2.79. The maximum atomic E-state index is 12.6. The van der Waals surface area contributed by atoms with Gasteiger partial charge in [0.05, 0.1) is 0 Å². The predicted octanol–water partition coefficient (Wildman–Crippen LogP) is 5.92. The van der Waals surface area contributed by atoms with Crippen molar-refractivity contribution in [2.24, 2.45) is 23.2 Å². The molecule has 0 aliphatic heterocycles. The van der Waals surface area contributed by atoms with Gasteiger partial charge in [0, 0.05) is 24.6 Å². The number of para-hydroxylation sites is 1. The van der Waals surface area contributed by atoms with Gasteiger partial charge >= 0.3 is 0 Å². The van der Waals surface area contributed by atoms with Crippen LogP contribution >= 0.6 is 0 Å². The van der Waals surface area contributed by atoms with Crippen LogP contribution in [-0.2, 0) is 9.59 Å². The van der Waals surface area contributed by atoms with Crippen molar-refractivity contribution in [2.75, 3.05) is 5.32 Å². The first-order valence-corrected chi connectivity index (χ1v) is 12.4. The van der Waals surface area contributed by atoms with Crippen molar-refractivity contribution in [2.45, 2.75) is 64.3 Å². The first-order chi connectivity index (χ1) is 16.0. The standard InChI is InChI=1S/C28H34N2O3/c1-19(28-16-20-13-21(17-28)15-22(14-20)18-28)29-26(31)11-12-27(32)30-23-7-9-25(10-8-23)33-24-5-3-2-4-6-24/h2-10,19-22H,11-18H2,1H3,(H,29,31)(H,30,32)/t19-,20?,21?,22?,28?/m1/s1. The van der Waals surface area contributed by atoms with Crippen LogP contribution in [0.2, 0.25) is 0 Å². The van der Waals surface area contributed by atoms with Gasteiger partial charge in [0.1, 0.15) is 11.5 Å². The lowest BCUT2D eigenvalue weighted by Crippen LogP contribution is -2.55. The molecule has 0 radical (unpaired) electrons. The highest BCUT2D eigenvalue weighted by atomic mass is 16.5. The zero-order chi connectivity index (χ0) is 22.8. The zero-order valence-corrected chi connectivity index (χ0v) is 19.4. The Morgan fingerprint density at radius 2 is 1.39 bits per heavy atom. The number of carbonyl (C=O) groups excluding carboxylic acids is 2. The van der Waals surface area contributed by atoms with Crippen molar-refractivity contribution in [1.82, 2.24) is 5.32 Å². The van der Waals surface area contributed by atoms with E-state index in [1.54, 1.807) is 0 Å². The third-order valence-corrected chi connectivity index (χ3v) is 8.08. The Morgan fingerprint density at radius 1 is 0.848 bits per heavy atom. The summed E-state index contributed by atoms with van der Waals surface area (Å²) in [6, 6.07) is 17.0. The third kappa shape index (κ3) is 5.07. The van der Waals surface area contributed by atoms with E-state index in [2.05, 4.69) is 17.6 Å². The van der Waals surface area contributed by atoms with Gasteiger partial charge in [-0.25, -0.2) is 0 Å². The van der Waals surface area contributed by atoms with Crippen LogP contribution in [0.25, 0.3) is 0 Å². The van der Waals surface area contributed by atoms with Gasteiger partial charge < -0.3 is 15.4 Å². The van der Waals surface area contributed by atoms with Gasteiger partial charge in [-0.3, -0.25) is 9.59 Å². The molecule has 4 aliphatic carbocycles. The molecule has 5 nitrogen and oxygen atoms in total. The van der Waals surface area contributed by atoms with Crippen LogP contribution in [0.5, 0.6) is 11.5 Å². The van der Waals surface area contributed by atoms with Gasteiger partial charge in [-0.15, -0.1) is 0 Å². The molecule has 0 saturated heterocycles. The first kappa shape index (κ1) is 22.0. The van der Waals surface area contributed by atoms with E-state index in [0.29, 0.717) is 11.4 Å². The van der Waals surface area contributed by atoms with Crippen molar-refractivity contribution < 1.29 is 14.3 Å². The number of carbonyl (C=O) groups is 2. The van der Waals surface area contributed by atoms with Crippen LogP contribution in [0.3, 0.4) is 0 Å². The van der Waals surface area contributed by atoms with E-state index < -0.39 is 0 Å². The molecule has 0 heterocycles. The molecule has 5 heteroatoms. The molecule has 2 N–H and O–H groups in total. The van der Waals surface area contributed by atoms with Crippen LogP contribution < -0.4 is 15.4 Å². The molecular weight excluding hydrogens is 412 g/mol. The summed E-state index contributed by atoms with van der Waals surface area (Å²) in [5, 5.41) is 6.13. The SMILES string of the molecule is C[C@@H](NC(=O)CCC(=O)Nc1ccc(Oc2ccccc2)cc1)C12CC3CC(CC(C3)C1)C2. The molecule has 0 aromatic heterocycles. The Bertz CT molecular complexity index is 951. The number of ether oxygens (including phenoxy) is 1. The summed E-state index contributed by atoms with van der Waals surface area (Å²) in [7, 11) is 0. The minimum atomic E-state index is -0.149. The minimum absolute atomic E-state index is 0.0139. The smallest absolute Gasteiger partial charge is 0.224 e. The molecule has 2 aromatic carbocycles. The summed E-state index contributed by atoms with van der Waals surface area (Å²) in [5.41, 5.74) is 0.985. The number of benzene rings is 2. The number of amides is 2. The fraction of sp³-hybridized carbons (Fsp3) is 0.500. The molecular formula is C28H34N2O3. The monoisotopic (exact) mass is 446 g/mol. The molecule has 6 rings (SSSR count). The second-order valence-corrected chi connectivity index (χ2v) is 10.6. The normalized spacial score (nSPS) is 28.2. The molecule has 4 fully saturated rings. The Labute approximate surface area is 196 Å². The van der Waals surface area contributed by atoms with Crippen LogP contribution in [0.15, 0.2) is 54.6 Å². The van der Waals surface area contributed by atoms with E-state index in [1.165, 1.54) is 38.5 Å². The second kappa shape index (κ2) is 9.20. The number of anilines is 1. The maximum absolute atomic E-state index is 12.6. The van der Waals surface area contributed by atoms with E-state index >= 15 is 0 Å². The molecule has 4 bridgehead atoms. The lowest BCUT2D eigenvalue weighted by molar-refractivity contribution is -0.128. The molecule has 1 atom stereocenters. The van der Waals surface area contributed by atoms with E-state index in [1.807, 2.05) is 54.6 Å². The predicted molar refractivity (Wildman–Crippen MR) is 129 cm³/mol. The highest BCUT2D eigenvalue weighted by molar-refractivity contribution is 5.93. The fourth-order valence-electron chi connectivity index (χ4n) is 6.86. The molecule has 174 valence electrons. The van der Waals surface area contributed by atoms with Crippen molar-refractivity contribution in [3.63, 3.8) is 0 Å². The van der Waals surface area contributed by atoms with Gasteiger partial charge in [-0.1, -0.05) is 18.2 Å². The van der Waals surface area contributed by atoms with Crippen molar-refractivity contribution >= 4 is 17.5 Å². The molecule has 2 amide bonds. The molecule has 33 heavy (non-hydrogen) atoms. The lowest BCUT2D eigenvalue weighted by atomic mass is 9.48. The summed E-state index contributed by atoms with van der Waals surface area (Å²) in [6.07, 6.45) is 8.42. The van der Waals surface area contributed by atoms with Crippen LogP contribution in [-0.4, -0.2) is 17.9 Å². The minimum Gasteiger partial charge on any atom is -0.457 e. The van der Waals surface area contributed by atoms with Gasteiger partial charge in [-0.2, -0.15) is 0 Å². The van der Waals surface area contributed by atoms with E-state index in [-0.39, 0.29) is 36.1 Å². The summed E-state index contributed by atoms with van der Waals surface area (Å²) < 4.78 is 5.78. The summed E-state index contributed by atoms with van der Waals surface area (Å²) in [6.45, 7) is 2.18. The Kier molecular flexibility index (Phi) is 6.13. The fourth-order valence-corrected chi connectivity index (χ4v) is 6.86. The quantitative estimate of drug-likeness (QED) is 0.529. The van der Waals surface area contributed by atoms with E-state index in [9.17, 15) is 9.59 Å². The molecule has 4 aliphatic rings. The van der Waals surface area contributed by atoms with Gasteiger partial charge in [0.2, 0.25) is 11.8 Å². The molecule has 0 unspecified atom stereocenters. The topological polar surface area (TPSA) is 67.4 Å².